The fourth-order valence-electron chi connectivity index (χ4n) is 0.959. The van der Waals surface area contributed by atoms with Gasteiger partial charge in [-0.3, -0.25) is 0 Å². The fourth-order valence-corrected chi connectivity index (χ4v) is 0.959. The van der Waals surface area contributed by atoms with Gasteiger partial charge < -0.3 is 9.57 Å². The highest BCUT2D eigenvalue weighted by Crippen LogP contribution is 2.11. The zero-order chi connectivity index (χ0) is 11.8. The lowest BCUT2D eigenvalue weighted by molar-refractivity contribution is 0.131. The molecule has 80 valence electrons. The number of ether oxygens (including phenoxy) is 1. The second-order valence-corrected chi connectivity index (χ2v) is 2.79. The Kier molecular flexibility index (Phi) is 4.36. The number of nitrogens with zero attached hydrogens (tertiary/aromatic N) is 3. The molecule has 1 aromatic rings. The van der Waals surface area contributed by atoms with Crippen molar-refractivity contribution in [2.45, 2.75) is 6.61 Å². The van der Waals surface area contributed by atoms with Crippen LogP contribution in [0.5, 0.6) is 5.75 Å². The van der Waals surface area contributed by atoms with E-state index >= 15 is 0 Å². The minimum absolute atomic E-state index is 0.205. The Balaban J connectivity index is 2.53. The number of oxime groups is 1. The molecule has 0 fully saturated rings. The first-order chi connectivity index (χ1) is 7.80. The van der Waals surface area contributed by atoms with Gasteiger partial charge in [0.1, 0.15) is 24.5 Å². The van der Waals surface area contributed by atoms with Crippen LogP contribution in [0.4, 0.5) is 0 Å². The van der Waals surface area contributed by atoms with E-state index in [4.69, 9.17) is 20.1 Å². The molecule has 0 N–H and O–H groups in total. The minimum atomic E-state index is -0.298. The van der Waals surface area contributed by atoms with E-state index in [0.717, 1.165) is 11.3 Å². The zero-order valence-electron chi connectivity index (χ0n) is 8.67. The van der Waals surface area contributed by atoms with Gasteiger partial charge in [0.15, 0.2) is 0 Å². The normalized spacial score (nSPS) is 8.44. The van der Waals surface area contributed by atoms with E-state index in [9.17, 15) is 0 Å². The molecular formula is C11H9N3O2. The van der Waals surface area contributed by atoms with Crippen molar-refractivity contribution in [3.05, 3.63) is 29.8 Å². The van der Waals surface area contributed by atoms with E-state index in [1.54, 1.807) is 31.4 Å². The molecule has 16 heavy (non-hydrogen) atoms. The first-order valence-corrected chi connectivity index (χ1v) is 4.43. The Morgan fingerprint density at radius 2 is 1.88 bits per heavy atom. The van der Waals surface area contributed by atoms with Crippen LogP contribution >= 0.6 is 0 Å². The largest absolute Gasteiger partial charge is 0.497 e. The summed E-state index contributed by atoms with van der Waals surface area (Å²) in [5.41, 5.74) is 0.577. The lowest BCUT2D eigenvalue weighted by Gasteiger charge is -2.01. The number of nitriles is 2. The third-order valence-corrected chi connectivity index (χ3v) is 1.76. The van der Waals surface area contributed by atoms with Gasteiger partial charge in [-0.2, -0.15) is 10.5 Å². The van der Waals surface area contributed by atoms with Crippen LogP contribution in [0.1, 0.15) is 5.56 Å². The lowest BCUT2D eigenvalue weighted by atomic mass is 10.2. The molecule has 5 nitrogen and oxygen atoms in total. The Labute approximate surface area is 93.1 Å². The number of rotatable bonds is 4. The quantitative estimate of drug-likeness (QED) is 0.564. The summed E-state index contributed by atoms with van der Waals surface area (Å²) in [5, 5.41) is 20.1. The Morgan fingerprint density at radius 1 is 1.25 bits per heavy atom. The van der Waals surface area contributed by atoms with Crippen LogP contribution in [0, 0.1) is 22.7 Å². The van der Waals surface area contributed by atoms with Crippen LogP contribution in [0.3, 0.4) is 0 Å². The van der Waals surface area contributed by atoms with Crippen molar-refractivity contribution in [1.82, 2.24) is 0 Å². The Hall–Kier alpha value is -2.53. The standard InChI is InChI=1S/C11H9N3O2/c1-15-11-4-2-9(3-5-11)8-16-14-10(6-12)7-13/h2-5H,8H2,1H3. The van der Waals surface area contributed by atoms with Gasteiger partial charge in [0.2, 0.25) is 0 Å². The maximum absolute atomic E-state index is 8.39. The first-order valence-electron chi connectivity index (χ1n) is 4.43. The molecule has 0 aliphatic heterocycles. The highest BCUT2D eigenvalue weighted by atomic mass is 16.6. The molecule has 0 aromatic heterocycles. The molecule has 0 saturated carbocycles. The Morgan fingerprint density at radius 3 is 2.38 bits per heavy atom. The number of hydrogen-bond acceptors (Lipinski definition) is 5. The van der Waals surface area contributed by atoms with Gasteiger partial charge in [0.25, 0.3) is 5.71 Å². The molecule has 0 aliphatic rings. The van der Waals surface area contributed by atoms with Crippen LogP contribution in [0.25, 0.3) is 0 Å². The van der Waals surface area contributed by atoms with E-state index in [0.29, 0.717) is 0 Å². The Bertz CT molecular complexity index is 436. The molecule has 0 saturated heterocycles. The zero-order valence-corrected chi connectivity index (χ0v) is 8.67. The maximum atomic E-state index is 8.39. The van der Waals surface area contributed by atoms with Gasteiger partial charge in [-0.05, 0) is 17.7 Å². The van der Waals surface area contributed by atoms with E-state index in [2.05, 4.69) is 5.16 Å². The smallest absolute Gasteiger partial charge is 0.256 e. The third-order valence-electron chi connectivity index (χ3n) is 1.76. The number of benzene rings is 1. The summed E-state index contributed by atoms with van der Waals surface area (Å²) >= 11 is 0. The predicted molar refractivity (Wildman–Crippen MR) is 56.4 cm³/mol. The monoisotopic (exact) mass is 215 g/mol. The second kappa shape index (κ2) is 6.05. The first kappa shape index (κ1) is 11.5. The van der Waals surface area contributed by atoms with E-state index in [1.165, 1.54) is 0 Å². The van der Waals surface area contributed by atoms with Crippen molar-refractivity contribution >= 4 is 5.71 Å². The molecule has 0 bridgehead atoms. The van der Waals surface area contributed by atoms with Crippen molar-refractivity contribution in [3.8, 4) is 17.9 Å². The van der Waals surface area contributed by atoms with Crippen LogP contribution in [0.2, 0.25) is 0 Å². The summed E-state index contributed by atoms with van der Waals surface area (Å²) in [6.07, 6.45) is 0. The van der Waals surface area contributed by atoms with Gasteiger partial charge in [0.05, 0.1) is 7.11 Å². The third kappa shape index (κ3) is 3.32. The second-order valence-electron chi connectivity index (χ2n) is 2.79. The summed E-state index contributed by atoms with van der Waals surface area (Å²) in [6, 6.07) is 10.4. The average Bonchev–Trinajstić information content (AvgIpc) is 2.35. The number of hydrogen-bond donors (Lipinski definition) is 0. The summed E-state index contributed by atoms with van der Waals surface area (Å²) in [6.45, 7) is 0.205. The molecule has 1 rings (SSSR count). The molecule has 0 unspecified atom stereocenters. The summed E-state index contributed by atoms with van der Waals surface area (Å²) in [4.78, 5) is 4.84. The van der Waals surface area contributed by atoms with Crippen LogP contribution in [-0.2, 0) is 11.4 Å². The highest BCUT2D eigenvalue weighted by Gasteiger charge is 1.96. The van der Waals surface area contributed by atoms with Gasteiger partial charge in [-0.25, -0.2) is 0 Å². The van der Waals surface area contributed by atoms with Crippen molar-refractivity contribution in [3.63, 3.8) is 0 Å². The predicted octanol–water partition coefficient (Wildman–Crippen LogP) is 1.61. The van der Waals surface area contributed by atoms with Crippen LogP contribution < -0.4 is 4.74 Å². The highest BCUT2D eigenvalue weighted by molar-refractivity contribution is 6.09. The number of methoxy groups -OCH3 is 1. The molecule has 5 heteroatoms. The van der Waals surface area contributed by atoms with Crippen LogP contribution in [0.15, 0.2) is 29.4 Å². The van der Waals surface area contributed by atoms with Gasteiger partial charge in [-0.1, -0.05) is 17.3 Å². The van der Waals surface area contributed by atoms with Gasteiger partial charge >= 0.3 is 0 Å². The molecule has 0 radical (unpaired) electrons. The average molecular weight is 215 g/mol. The van der Waals surface area contributed by atoms with Gasteiger partial charge in [0, 0.05) is 0 Å². The SMILES string of the molecule is COc1ccc(CON=C(C#N)C#N)cc1. The van der Waals surface area contributed by atoms with Crippen molar-refractivity contribution in [2.24, 2.45) is 5.16 Å². The summed E-state index contributed by atoms with van der Waals surface area (Å²) < 4.78 is 4.99. The minimum Gasteiger partial charge on any atom is -0.497 e. The van der Waals surface area contributed by atoms with Crippen molar-refractivity contribution in [1.29, 1.82) is 10.5 Å². The van der Waals surface area contributed by atoms with Crippen LogP contribution in [-0.4, -0.2) is 12.8 Å². The van der Waals surface area contributed by atoms with E-state index in [-0.39, 0.29) is 12.3 Å². The van der Waals surface area contributed by atoms with E-state index < -0.39 is 0 Å². The molecule has 0 spiro atoms. The topological polar surface area (TPSA) is 78.4 Å². The molecule has 0 atom stereocenters. The van der Waals surface area contributed by atoms with Crippen molar-refractivity contribution < 1.29 is 9.57 Å². The summed E-state index contributed by atoms with van der Waals surface area (Å²) in [7, 11) is 1.59. The van der Waals surface area contributed by atoms with Gasteiger partial charge in [-0.15, -0.1) is 0 Å². The fraction of sp³-hybridized carbons (Fsp3) is 0.182. The molecular weight excluding hydrogens is 206 g/mol. The lowest BCUT2D eigenvalue weighted by Crippen LogP contribution is -1.93. The van der Waals surface area contributed by atoms with Crippen molar-refractivity contribution in [2.75, 3.05) is 7.11 Å². The maximum Gasteiger partial charge on any atom is 0.256 e. The molecule has 0 aliphatic carbocycles. The molecule has 0 amide bonds. The molecule has 1 aromatic carbocycles. The van der Waals surface area contributed by atoms with E-state index in [1.807, 2.05) is 12.1 Å². The molecule has 0 heterocycles. The summed E-state index contributed by atoms with van der Waals surface area (Å²) in [5.74, 6) is 0.752.